The molecule has 3 aromatic rings. The number of benzene rings is 1. The number of fused-ring (bicyclic) bond motifs is 1. The van der Waals surface area contributed by atoms with Crippen LogP contribution in [0.4, 0.5) is 11.5 Å². The molecule has 6 nitrogen and oxygen atoms in total. The van der Waals surface area contributed by atoms with Crippen LogP contribution in [-0.2, 0) is 0 Å². The lowest BCUT2D eigenvalue weighted by Gasteiger charge is -2.20. The molecule has 1 atom stereocenters. The van der Waals surface area contributed by atoms with Crippen molar-refractivity contribution in [2.75, 3.05) is 44.1 Å². The van der Waals surface area contributed by atoms with Crippen LogP contribution in [0.1, 0.15) is 17.8 Å². The van der Waals surface area contributed by atoms with E-state index in [1.54, 1.807) is 25.6 Å². The number of thiophene rings is 1. The molecule has 7 heteroatoms. The van der Waals surface area contributed by atoms with Crippen molar-refractivity contribution in [2.24, 2.45) is 5.92 Å². The third-order valence-corrected chi connectivity index (χ3v) is 6.26. The zero-order valence-corrected chi connectivity index (χ0v) is 17.6. The number of ether oxygens (including phenoxy) is 2. The fourth-order valence-electron chi connectivity index (χ4n) is 3.77. The first-order valence-electron chi connectivity index (χ1n) is 9.51. The van der Waals surface area contributed by atoms with Crippen LogP contribution in [0.2, 0.25) is 0 Å². The molecule has 148 valence electrons. The number of aromatic nitrogens is 2. The third kappa shape index (κ3) is 3.71. The molecule has 28 heavy (non-hydrogen) atoms. The molecule has 1 N–H and O–H groups in total. The summed E-state index contributed by atoms with van der Waals surface area (Å²) in [6, 6.07) is 6.05. The minimum Gasteiger partial charge on any atom is -0.497 e. The smallest absolute Gasteiger partial charge is 0.138 e. The summed E-state index contributed by atoms with van der Waals surface area (Å²) in [4.78, 5) is 12.7. The fraction of sp³-hybridized carbons (Fsp3) is 0.429. The van der Waals surface area contributed by atoms with Gasteiger partial charge in [-0.3, -0.25) is 0 Å². The van der Waals surface area contributed by atoms with Crippen LogP contribution in [0, 0.1) is 19.8 Å². The normalized spacial score (nSPS) is 16.6. The Balaban J connectivity index is 1.46. The maximum Gasteiger partial charge on any atom is 0.138 e. The van der Waals surface area contributed by atoms with Gasteiger partial charge in [-0.25, -0.2) is 9.97 Å². The predicted octanol–water partition coefficient (Wildman–Crippen LogP) is 4.26. The molecule has 0 spiro atoms. The van der Waals surface area contributed by atoms with Crippen molar-refractivity contribution in [2.45, 2.75) is 20.3 Å². The second-order valence-corrected chi connectivity index (χ2v) is 8.13. The number of hydrogen-bond donors (Lipinski definition) is 1. The van der Waals surface area contributed by atoms with Crippen molar-refractivity contribution in [3.63, 3.8) is 0 Å². The van der Waals surface area contributed by atoms with Crippen LogP contribution in [0.5, 0.6) is 11.5 Å². The van der Waals surface area contributed by atoms with Gasteiger partial charge in [-0.05, 0) is 37.1 Å². The molecule has 1 aliphatic rings. The second kappa shape index (κ2) is 7.83. The molecule has 3 heterocycles. The molecule has 1 aliphatic heterocycles. The van der Waals surface area contributed by atoms with Gasteiger partial charge in [0, 0.05) is 43.5 Å². The SMILES string of the molecule is COc1cc(OC)cc(N2CCC(CNc3nc(C)nc4scc(C)c34)C2)c1. The van der Waals surface area contributed by atoms with Crippen molar-refractivity contribution in [3.05, 3.63) is 35.0 Å². The van der Waals surface area contributed by atoms with E-state index in [1.165, 1.54) is 5.56 Å². The van der Waals surface area contributed by atoms with E-state index in [9.17, 15) is 0 Å². The molecule has 1 aromatic carbocycles. The van der Waals surface area contributed by atoms with E-state index in [-0.39, 0.29) is 0 Å². The molecule has 0 aliphatic carbocycles. The number of methoxy groups -OCH3 is 2. The Morgan fingerprint density at radius 3 is 2.61 bits per heavy atom. The summed E-state index contributed by atoms with van der Waals surface area (Å²) >= 11 is 1.68. The number of nitrogens with one attached hydrogen (secondary N) is 1. The van der Waals surface area contributed by atoms with Gasteiger partial charge < -0.3 is 19.7 Å². The molecular weight excluding hydrogens is 372 g/mol. The Morgan fingerprint density at radius 1 is 1.14 bits per heavy atom. The van der Waals surface area contributed by atoms with Crippen LogP contribution in [-0.4, -0.2) is 43.8 Å². The molecule has 2 aromatic heterocycles. The standard InChI is InChI=1S/C21H26N4O2S/c1-13-12-28-21-19(13)20(23-14(2)24-21)22-10-15-5-6-25(11-15)16-7-17(26-3)9-18(8-16)27-4/h7-9,12,15H,5-6,10-11H2,1-4H3,(H,22,23,24). The average Bonchev–Trinajstić information content (AvgIpc) is 3.32. The number of anilines is 2. The summed E-state index contributed by atoms with van der Waals surface area (Å²) < 4.78 is 10.8. The van der Waals surface area contributed by atoms with Crippen LogP contribution >= 0.6 is 11.3 Å². The number of hydrogen-bond acceptors (Lipinski definition) is 7. The van der Waals surface area contributed by atoms with Gasteiger partial charge in [0.05, 0.1) is 19.6 Å². The molecule has 1 fully saturated rings. The fourth-order valence-corrected chi connectivity index (χ4v) is 4.73. The molecular formula is C21H26N4O2S. The van der Waals surface area contributed by atoms with Crippen molar-refractivity contribution in [3.8, 4) is 11.5 Å². The Hall–Kier alpha value is -2.54. The van der Waals surface area contributed by atoms with Gasteiger partial charge >= 0.3 is 0 Å². The minimum absolute atomic E-state index is 0.557. The van der Waals surface area contributed by atoms with E-state index in [0.29, 0.717) is 5.92 Å². The molecule has 1 unspecified atom stereocenters. The Kier molecular flexibility index (Phi) is 5.26. The first-order valence-corrected chi connectivity index (χ1v) is 10.4. The largest absolute Gasteiger partial charge is 0.497 e. The second-order valence-electron chi connectivity index (χ2n) is 7.27. The van der Waals surface area contributed by atoms with Gasteiger partial charge in [0.1, 0.15) is 28.0 Å². The Labute approximate surface area is 169 Å². The van der Waals surface area contributed by atoms with Crippen molar-refractivity contribution in [1.82, 2.24) is 9.97 Å². The third-order valence-electron chi connectivity index (χ3n) is 5.27. The monoisotopic (exact) mass is 398 g/mol. The molecule has 0 bridgehead atoms. The van der Waals surface area contributed by atoms with Crippen molar-refractivity contribution < 1.29 is 9.47 Å². The lowest BCUT2D eigenvalue weighted by Crippen LogP contribution is -2.22. The summed E-state index contributed by atoms with van der Waals surface area (Å²) in [5, 5.41) is 6.90. The van der Waals surface area contributed by atoms with Crippen molar-refractivity contribution in [1.29, 1.82) is 0 Å². The van der Waals surface area contributed by atoms with E-state index in [2.05, 4.69) is 44.6 Å². The van der Waals surface area contributed by atoms with E-state index in [0.717, 1.165) is 65.1 Å². The summed E-state index contributed by atoms with van der Waals surface area (Å²) in [7, 11) is 3.37. The minimum atomic E-state index is 0.557. The van der Waals surface area contributed by atoms with Gasteiger partial charge in [-0.15, -0.1) is 11.3 Å². The summed E-state index contributed by atoms with van der Waals surface area (Å²) in [6.07, 6.45) is 1.14. The molecule has 0 amide bonds. The number of rotatable bonds is 6. The molecule has 1 saturated heterocycles. The topological polar surface area (TPSA) is 59.5 Å². The van der Waals surface area contributed by atoms with E-state index in [1.807, 2.05) is 13.0 Å². The Bertz CT molecular complexity index is 966. The van der Waals surface area contributed by atoms with Crippen LogP contribution in [0.15, 0.2) is 23.6 Å². The summed E-state index contributed by atoms with van der Waals surface area (Å²) in [6.45, 7) is 7.00. The summed E-state index contributed by atoms with van der Waals surface area (Å²) in [5.41, 5.74) is 2.38. The van der Waals surface area contributed by atoms with Gasteiger partial charge in [-0.2, -0.15) is 0 Å². The highest BCUT2D eigenvalue weighted by atomic mass is 32.1. The maximum absolute atomic E-state index is 5.41. The Morgan fingerprint density at radius 2 is 1.89 bits per heavy atom. The van der Waals surface area contributed by atoms with E-state index in [4.69, 9.17) is 9.47 Å². The van der Waals surface area contributed by atoms with Crippen LogP contribution in [0.3, 0.4) is 0 Å². The quantitative estimate of drug-likeness (QED) is 0.669. The predicted molar refractivity (Wildman–Crippen MR) is 115 cm³/mol. The molecule has 4 rings (SSSR count). The maximum atomic E-state index is 5.41. The zero-order chi connectivity index (χ0) is 19.7. The van der Waals surface area contributed by atoms with Gasteiger partial charge in [0.25, 0.3) is 0 Å². The highest BCUT2D eigenvalue weighted by molar-refractivity contribution is 7.17. The van der Waals surface area contributed by atoms with Crippen LogP contribution < -0.4 is 19.7 Å². The molecule has 0 saturated carbocycles. The van der Waals surface area contributed by atoms with E-state index >= 15 is 0 Å². The van der Waals surface area contributed by atoms with E-state index < -0.39 is 0 Å². The average molecular weight is 399 g/mol. The van der Waals surface area contributed by atoms with Crippen molar-refractivity contribution >= 4 is 33.1 Å². The lowest BCUT2D eigenvalue weighted by molar-refractivity contribution is 0.394. The lowest BCUT2D eigenvalue weighted by atomic mass is 10.1. The van der Waals surface area contributed by atoms with Gasteiger partial charge in [0.15, 0.2) is 0 Å². The number of nitrogens with zero attached hydrogens (tertiary/aromatic N) is 3. The molecule has 0 radical (unpaired) electrons. The highest BCUT2D eigenvalue weighted by Crippen LogP contribution is 2.33. The summed E-state index contributed by atoms with van der Waals surface area (Å²) in [5.74, 6) is 3.98. The zero-order valence-electron chi connectivity index (χ0n) is 16.8. The van der Waals surface area contributed by atoms with Crippen LogP contribution in [0.25, 0.3) is 10.2 Å². The van der Waals surface area contributed by atoms with Gasteiger partial charge in [0.2, 0.25) is 0 Å². The number of aryl methyl sites for hydroxylation is 2. The van der Waals surface area contributed by atoms with Gasteiger partial charge in [-0.1, -0.05) is 0 Å². The highest BCUT2D eigenvalue weighted by Gasteiger charge is 2.24. The first kappa shape index (κ1) is 18.8. The first-order chi connectivity index (χ1) is 13.6.